The molecular formula is C28H37F3N6O2. The lowest BCUT2D eigenvalue weighted by Gasteiger charge is -2.34. The molecule has 3 fully saturated rings. The third-order valence-corrected chi connectivity index (χ3v) is 7.81. The van der Waals surface area contributed by atoms with Crippen LogP contribution in [0, 0.1) is 12.8 Å². The Hall–Kier alpha value is -3.05. The molecule has 0 radical (unpaired) electrons. The number of rotatable bonds is 5. The molecule has 0 aliphatic carbocycles. The minimum Gasteiger partial charge on any atom is -0.378 e. The minimum absolute atomic E-state index is 0.109. The van der Waals surface area contributed by atoms with Crippen molar-refractivity contribution in [2.75, 3.05) is 67.6 Å². The van der Waals surface area contributed by atoms with E-state index in [0.717, 1.165) is 67.3 Å². The third-order valence-electron chi connectivity index (χ3n) is 7.81. The number of nitrogens with two attached hydrogens (primary N) is 1. The summed E-state index contributed by atoms with van der Waals surface area (Å²) in [7, 11) is 0. The van der Waals surface area contributed by atoms with Crippen LogP contribution in [-0.2, 0) is 4.74 Å². The summed E-state index contributed by atoms with van der Waals surface area (Å²) in [6, 6.07) is 9.61. The predicted molar refractivity (Wildman–Crippen MR) is 146 cm³/mol. The number of alkyl halides is 3. The number of nitrogens with zero attached hydrogens (tertiary/aromatic N) is 4. The minimum atomic E-state index is -4.22. The number of nitrogens with one attached hydrogen (secondary N) is 1. The number of piperidine rings is 1. The first-order valence-electron chi connectivity index (χ1n) is 13.7. The monoisotopic (exact) mass is 546 g/mol. The number of aryl methyl sites for hydroxylation is 1. The summed E-state index contributed by atoms with van der Waals surface area (Å²) >= 11 is 0. The Kier molecular flexibility index (Phi) is 8.18. The van der Waals surface area contributed by atoms with Crippen molar-refractivity contribution in [3.8, 4) is 11.1 Å². The van der Waals surface area contributed by atoms with Crippen molar-refractivity contribution in [1.82, 2.24) is 9.88 Å². The Morgan fingerprint density at radius 2 is 1.79 bits per heavy atom. The molecule has 0 saturated carbocycles. The Bertz CT molecular complexity index is 1170. The zero-order valence-corrected chi connectivity index (χ0v) is 22.3. The molecule has 0 bridgehead atoms. The first-order valence-corrected chi connectivity index (χ1v) is 13.7. The first kappa shape index (κ1) is 27.5. The molecule has 5 rings (SSSR count). The second-order valence-corrected chi connectivity index (χ2v) is 10.9. The average Bonchev–Trinajstić information content (AvgIpc) is 3.37. The highest BCUT2D eigenvalue weighted by Gasteiger charge is 2.36. The molecule has 39 heavy (non-hydrogen) atoms. The highest BCUT2D eigenvalue weighted by atomic mass is 19.4. The van der Waals surface area contributed by atoms with Gasteiger partial charge in [0.1, 0.15) is 11.6 Å². The predicted octanol–water partition coefficient (Wildman–Crippen LogP) is 4.63. The molecule has 3 N–H and O–H groups in total. The van der Waals surface area contributed by atoms with Gasteiger partial charge in [-0.1, -0.05) is 6.07 Å². The molecule has 8 nitrogen and oxygen atoms in total. The number of halogens is 3. The van der Waals surface area contributed by atoms with E-state index in [1.165, 1.54) is 4.90 Å². The molecule has 3 saturated heterocycles. The zero-order valence-electron chi connectivity index (χ0n) is 22.3. The Morgan fingerprint density at radius 3 is 2.51 bits per heavy atom. The van der Waals surface area contributed by atoms with Gasteiger partial charge in [0, 0.05) is 57.4 Å². The zero-order chi connectivity index (χ0) is 27.6. The van der Waals surface area contributed by atoms with E-state index in [0.29, 0.717) is 31.9 Å². The molecule has 1 aromatic carbocycles. The molecule has 3 aliphatic rings. The Balaban J connectivity index is 1.39. The van der Waals surface area contributed by atoms with E-state index in [9.17, 15) is 18.0 Å². The maximum Gasteiger partial charge on any atom is 0.389 e. The van der Waals surface area contributed by atoms with Crippen molar-refractivity contribution in [2.45, 2.75) is 44.8 Å². The highest BCUT2D eigenvalue weighted by Crippen LogP contribution is 2.34. The lowest BCUT2D eigenvalue weighted by atomic mass is 9.99. The number of hydrogen-bond donors (Lipinski definition) is 2. The van der Waals surface area contributed by atoms with Gasteiger partial charge in [0.2, 0.25) is 0 Å². The van der Waals surface area contributed by atoms with Gasteiger partial charge in [0.15, 0.2) is 0 Å². The maximum atomic E-state index is 12.9. The van der Waals surface area contributed by atoms with Gasteiger partial charge in [-0.2, -0.15) is 13.2 Å². The standard InChI is InChI=1S/C28H37F3N6O2/c1-19-4-5-23(33-27(38)37-8-6-20(17-37)16-28(29,30)31)15-24(19)21-13-25(35-9-11-39-12-10-35)34-26(14-21)36-7-2-3-22(32)18-36/h4-5,13-15,20,22H,2-3,6-12,16-18,32H2,1H3,(H,33,38)/t20-,22-/m0/s1. The number of pyridine rings is 1. The molecule has 2 amide bonds. The third kappa shape index (κ3) is 6.94. The van der Waals surface area contributed by atoms with E-state index in [1.807, 2.05) is 25.1 Å². The fourth-order valence-corrected chi connectivity index (χ4v) is 5.72. The number of ether oxygens (including phenoxy) is 1. The van der Waals surface area contributed by atoms with Crippen molar-refractivity contribution in [2.24, 2.45) is 11.7 Å². The lowest BCUT2D eigenvalue weighted by Crippen LogP contribution is -2.43. The van der Waals surface area contributed by atoms with Crippen molar-refractivity contribution in [3.63, 3.8) is 0 Å². The number of hydrogen-bond acceptors (Lipinski definition) is 6. The summed E-state index contributed by atoms with van der Waals surface area (Å²) in [5.41, 5.74) is 9.87. The number of benzene rings is 1. The molecule has 0 unspecified atom stereocenters. The van der Waals surface area contributed by atoms with Crippen molar-refractivity contribution in [3.05, 3.63) is 35.9 Å². The molecule has 1 aromatic heterocycles. The lowest BCUT2D eigenvalue weighted by molar-refractivity contribution is -0.143. The fourth-order valence-electron chi connectivity index (χ4n) is 5.72. The van der Waals surface area contributed by atoms with Crippen LogP contribution in [0.25, 0.3) is 11.1 Å². The van der Waals surface area contributed by atoms with Crippen molar-refractivity contribution < 1.29 is 22.7 Å². The summed E-state index contributed by atoms with van der Waals surface area (Å²) in [4.78, 5) is 23.8. The summed E-state index contributed by atoms with van der Waals surface area (Å²) < 4.78 is 43.9. The summed E-state index contributed by atoms with van der Waals surface area (Å²) in [6.45, 7) is 6.91. The number of amides is 2. The Morgan fingerprint density at radius 1 is 1.05 bits per heavy atom. The van der Waals surface area contributed by atoms with Gasteiger partial charge in [-0.05, 0) is 73.1 Å². The van der Waals surface area contributed by atoms with Crippen LogP contribution in [0.3, 0.4) is 0 Å². The SMILES string of the molecule is Cc1ccc(NC(=O)N2CC[C@@H](CC(F)(F)F)C2)cc1-c1cc(N2CCOCC2)nc(N2CCC[C@H](N)C2)c1. The summed E-state index contributed by atoms with van der Waals surface area (Å²) in [5.74, 6) is 1.21. The van der Waals surface area contributed by atoms with Crippen LogP contribution >= 0.6 is 0 Å². The van der Waals surface area contributed by atoms with Crippen LogP contribution in [-0.4, -0.2) is 80.6 Å². The van der Waals surface area contributed by atoms with Crippen molar-refractivity contribution >= 4 is 23.4 Å². The molecule has 4 heterocycles. The van der Waals surface area contributed by atoms with Crippen LogP contribution in [0.2, 0.25) is 0 Å². The van der Waals surface area contributed by atoms with E-state index < -0.39 is 18.5 Å². The average molecular weight is 547 g/mol. The number of urea groups is 1. The van der Waals surface area contributed by atoms with Crippen LogP contribution in [0.1, 0.15) is 31.2 Å². The normalized spacial score (nSPS) is 22.3. The van der Waals surface area contributed by atoms with Gasteiger partial charge in [-0.25, -0.2) is 9.78 Å². The van der Waals surface area contributed by atoms with E-state index in [2.05, 4.69) is 27.2 Å². The number of aromatic nitrogens is 1. The highest BCUT2D eigenvalue weighted by molar-refractivity contribution is 5.91. The maximum absolute atomic E-state index is 12.9. The second-order valence-electron chi connectivity index (χ2n) is 10.9. The summed E-state index contributed by atoms with van der Waals surface area (Å²) in [6.07, 6.45) is -2.70. The molecule has 2 atom stereocenters. The fraction of sp³-hybridized carbons (Fsp3) is 0.571. The van der Waals surface area contributed by atoms with Gasteiger partial charge in [-0.15, -0.1) is 0 Å². The van der Waals surface area contributed by atoms with Gasteiger partial charge in [0.05, 0.1) is 13.2 Å². The quantitative estimate of drug-likeness (QED) is 0.569. The molecular weight excluding hydrogens is 509 g/mol. The van der Waals surface area contributed by atoms with E-state index in [4.69, 9.17) is 15.5 Å². The van der Waals surface area contributed by atoms with Crippen LogP contribution in [0.4, 0.5) is 35.3 Å². The topological polar surface area (TPSA) is 87.0 Å². The van der Waals surface area contributed by atoms with Crippen LogP contribution in [0.15, 0.2) is 30.3 Å². The van der Waals surface area contributed by atoms with E-state index in [-0.39, 0.29) is 18.6 Å². The van der Waals surface area contributed by atoms with Gasteiger partial charge >= 0.3 is 12.2 Å². The van der Waals surface area contributed by atoms with Gasteiger partial charge in [0.25, 0.3) is 0 Å². The molecule has 0 spiro atoms. The largest absolute Gasteiger partial charge is 0.389 e. The number of carbonyl (C=O) groups is 1. The molecule has 2 aromatic rings. The van der Waals surface area contributed by atoms with Gasteiger partial charge < -0.3 is 30.5 Å². The van der Waals surface area contributed by atoms with E-state index in [1.54, 1.807) is 0 Å². The second kappa shape index (κ2) is 11.6. The number of morpholine rings is 1. The first-order chi connectivity index (χ1) is 18.6. The Labute approximate surface area is 227 Å². The van der Waals surface area contributed by atoms with E-state index >= 15 is 0 Å². The molecule has 11 heteroatoms. The number of anilines is 3. The van der Waals surface area contributed by atoms with Crippen LogP contribution < -0.4 is 20.9 Å². The molecule has 3 aliphatic heterocycles. The number of likely N-dealkylation sites (tertiary alicyclic amines) is 1. The molecule has 212 valence electrons. The smallest absolute Gasteiger partial charge is 0.378 e. The van der Waals surface area contributed by atoms with Crippen molar-refractivity contribution in [1.29, 1.82) is 0 Å². The van der Waals surface area contributed by atoms with Crippen LogP contribution in [0.5, 0.6) is 0 Å². The summed E-state index contributed by atoms with van der Waals surface area (Å²) in [5, 5.41) is 2.90. The number of carbonyl (C=O) groups excluding carboxylic acids is 1. The van der Waals surface area contributed by atoms with Gasteiger partial charge in [-0.3, -0.25) is 0 Å².